The Hall–Kier alpha value is -2.47. The normalized spacial score (nSPS) is 12.4. The Morgan fingerprint density at radius 1 is 1.07 bits per heavy atom. The number of fused-ring (bicyclic) bond motifs is 1. The van der Waals surface area contributed by atoms with E-state index in [1.165, 1.54) is 0 Å². The molecule has 5 nitrogen and oxygen atoms in total. The number of hydrogen-bond donors (Lipinski definition) is 0. The summed E-state index contributed by atoms with van der Waals surface area (Å²) < 4.78 is 10.9. The third kappa shape index (κ3) is 3.74. The molecule has 0 saturated heterocycles. The van der Waals surface area contributed by atoms with Gasteiger partial charge in [0.05, 0.1) is 17.3 Å². The van der Waals surface area contributed by atoms with Gasteiger partial charge < -0.3 is 9.47 Å². The molecule has 0 spiro atoms. The molecule has 0 aliphatic heterocycles. The van der Waals surface area contributed by atoms with Crippen molar-refractivity contribution in [1.82, 2.24) is 4.98 Å². The summed E-state index contributed by atoms with van der Waals surface area (Å²) in [6, 6.07) is 15.0. The second kappa shape index (κ2) is 8.69. The van der Waals surface area contributed by atoms with E-state index >= 15 is 0 Å². The molecule has 1 atom stereocenters. The summed E-state index contributed by atoms with van der Waals surface area (Å²) in [5.41, 5.74) is 2.09. The molecule has 0 aliphatic carbocycles. The van der Waals surface area contributed by atoms with Crippen LogP contribution in [-0.4, -0.2) is 37.4 Å². The zero-order valence-corrected chi connectivity index (χ0v) is 17.1. The second-order valence-electron chi connectivity index (χ2n) is 6.55. The number of methoxy groups -OCH3 is 2. The van der Waals surface area contributed by atoms with Crippen LogP contribution >= 0.6 is 11.6 Å². The van der Waals surface area contributed by atoms with Crippen molar-refractivity contribution in [3.63, 3.8) is 0 Å². The molecular formula is C22H23ClN2O3. The van der Waals surface area contributed by atoms with Gasteiger partial charge in [-0.25, -0.2) is 4.98 Å². The average Bonchev–Trinajstić information content (AvgIpc) is 2.71. The van der Waals surface area contributed by atoms with E-state index in [1.807, 2.05) is 50.2 Å². The average molecular weight is 399 g/mol. The Morgan fingerprint density at radius 2 is 1.79 bits per heavy atom. The number of carbonyl (C=O) groups is 1. The van der Waals surface area contributed by atoms with Crippen molar-refractivity contribution in [3.8, 4) is 0 Å². The highest BCUT2D eigenvalue weighted by atomic mass is 35.5. The molecule has 28 heavy (non-hydrogen) atoms. The van der Waals surface area contributed by atoms with Crippen LogP contribution in [0, 0.1) is 6.92 Å². The summed E-state index contributed by atoms with van der Waals surface area (Å²) in [4.78, 5) is 19.4. The van der Waals surface area contributed by atoms with E-state index in [0.717, 1.165) is 22.0 Å². The first-order valence-corrected chi connectivity index (χ1v) is 9.35. The minimum absolute atomic E-state index is 0.161. The number of amides is 1. The lowest BCUT2D eigenvalue weighted by molar-refractivity contribution is -0.113. The maximum absolute atomic E-state index is 13.6. The van der Waals surface area contributed by atoms with Gasteiger partial charge in [0.2, 0.25) is 0 Å². The Kier molecular flexibility index (Phi) is 6.29. The number of ether oxygens (including phenoxy) is 2. The smallest absolute Gasteiger partial charge is 0.261 e. The highest BCUT2D eigenvalue weighted by Gasteiger charge is 2.32. The van der Waals surface area contributed by atoms with E-state index in [0.29, 0.717) is 5.56 Å². The molecule has 3 rings (SSSR count). The van der Waals surface area contributed by atoms with Crippen molar-refractivity contribution in [2.75, 3.05) is 19.1 Å². The van der Waals surface area contributed by atoms with Crippen LogP contribution in [0.3, 0.4) is 0 Å². The molecule has 1 aromatic heterocycles. The topological polar surface area (TPSA) is 51.7 Å². The second-order valence-corrected chi connectivity index (χ2v) is 6.91. The number of benzene rings is 2. The number of halogens is 1. The Morgan fingerprint density at radius 3 is 2.46 bits per heavy atom. The molecule has 6 heteroatoms. The molecule has 0 bridgehead atoms. The molecule has 3 aromatic rings. The lowest BCUT2D eigenvalue weighted by Crippen LogP contribution is -2.47. The summed E-state index contributed by atoms with van der Waals surface area (Å²) >= 11 is 6.24. The summed E-state index contributed by atoms with van der Waals surface area (Å²) in [5, 5.41) is 2.17. The van der Waals surface area contributed by atoms with E-state index in [2.05, 4.69) is 4.98 Å². The fourth-order valence-corrected chi connectivity index (χ4v) is 3.66. The van der Waals surface area contributed by atoms with Gasteiger partial charge in [-0.3, -0.25) is 9.69 Å². The Labute approximate surface area is 169 Å². The van der Waals surface area contributed by atoms with Crippen molar-refractivity contribution in [2.24, 2.45) is 0 Å². The fourth-order valence-electron chi connectivity index (χ4n) is 3.46. The molecule has 0 radical (unpaired) electrons. The number of pyridine rings is 1. The maximum Gasteiger partial charge on any atom is 0.261 e. The number of carbonyl (C=O) groups excluding carboxylic acids is 1. The maximum atomic E-state index is 13.6. The van der Waals surface area contributed by atoms with Gasteiger partial charge in [0.1, 0.15) is 5.15 Å². The summed E-state index contributed by atoms with van der Waals surface area (Å²) in [7, 11) is 3.11. The molecule has 0 fully saturated rings. The minimum Gasteiger partial charge on any atom is -0.354 e. The van der Waals surface area contributed by atoms with Gasteiger partial charge in [0, 0.05) is 25.8 Å². The van der Waals surface area contributed by atoms with Crippen LogP contribution in [0.5, 0.6) is 0 Å². The van der Waals surface area contributed by atoms with E-state index in [1.54, 1.807) is 37.4 Å². The molecular weight excluding hydrogens is 376 g/mol. The predicted octanol–water partition coefficient (Wildman–Crippen LogP) is 4.85. The van der Waals surface area contributed by atoms with Gasteiger partial charge in [-0.15, -0.1) is 0 Å². The van der Waals surface area contributed by atoms with Gasteiger partial charge in [0.15, 0.2) is 6.29 Å². The van der Waals surface area contributed by atoms with Gasteiger partial charge in [-0.1, -0.05) is 48.0 Å². The first-order chi connectivity index (χ1) is 13.5. The van der Waals surface area contributed by atoms with E-state index in [9.17, 15) is 4.79 Å². The quantitative estimate of drug-likeness (QED) is 0.440. The molecule has 1 heterocycles. The number of hydrogen-bond acceptors (Lipinski definition) is 4. The van der Waals surface area contributed by atoms with E-state index < -0.39 is 12.3 Å². The van der Waals surface area contributed by atoms with Crippen LogP contribution in [0.1, 0.15) is 22.8 Å². The van der Waals surface area contributed by atoms with E-state index in [4.69, 9.17) is 21.1 Å². The molecule has 1 unspecified atom stereocenters. The first-order valence-electron chi connectivity index (χ1n) is 8.97. The van der Waals surface area contributed by atoms with Crippen LogP contribution in [0.2, 0.25) is 5.15 Å². The molecule has 146 valence electrons. The fraction of sp³-hybridized carbons (Fsp3) is 0.273. The van der Waals surface area contributed by atoms with Crippen molar-refractivity contribution < 1.29 is 14.3 Å². The summed E-state index contributed by atoms with van der Waals surface area (Å²) in [5.74, 6) is -0.260. The van der Waals surface area contributed by atoms with Gasteiger partial charge in [-0.2, -0.15) is 0 Å². The summed E-state index contributed by atoms with van der Waals surface area (Å²) in [6.45, 7) is 3.87. The molecule has 1 amide bonds. The molecule has 0 N–H and O–H groups in total. The van der Waals surface area contributed by atoms with E-state index in [-0.39, 0.29) is 11.1 Å². The van der Waals surface area contributed by atoms with Crippen LogP contribution < -0.4 is 4.90 Å². The van der Waals surface area contributed by atoms with Gasteiger partial charge in [0.25, 0.3) is 5.91 Å². The minimum atomic E-state index is -0.613. The Bertz CT molecular complexity index is 988. The van der Waals surface area contributed by atoms with Crippen molar-refractivity contribution in [3.05, 3.63) is 71.0 Å². The number of anilines is 1. The van der Waals surface area contributed by atoms with Crippen LogP contribution in [0.25, 0.3) is 10.8 Å². The van der Waals surface area contributed by atoms with Crippen molar-refractivity contribution in [2.45, 2.75) is 26.2 Å². The molecule has 0 saturated carbocycles. The van der Waals surface area contributed by atoms with Crippen molar-refractivity contribution >= 4 is 34.0 Å². The SMILES string of the molecule is COC(OC)C(C)N(C(=O)c1cccnc1Cl)c1c(C)ccc2ccccc12. The highest BCUT2D eigenvalue weighted by Crippen LogP contribution is 2.34. The number of nitrogens with zero attached hydrogens (tertiary/aromatic N) is 2. The predicted molar refractivity (Wildman–Crippen MR) is 112 cm³/mol. The van der Waals surface area contributed by atoms with Crippen LogP contribution in [0.15, 0.2) is 54.7 Å². The molecule has 0 aliphatic rings. The highest BCUT2D eigenvalue weighted by molar-refractivity contribution is 6.33. The van der Waals surface area contributed by atoms with Crippen molar-refractivity contribution in [1.29, 1.82) is 0 Å². The first kappa shape index (κ1) is 20.3. The number of aryl methyl sites for hydroxylation is 1. The zero-order chi connectivity index (χ0) is 20.3. The third-order valence-electron chi connectivity index (χ3n) is 4.82. The number of rotatable bonds is 6. The summed E-state index contributed by atoms with van der Waals surface area (Å²) in [6.07, 6.45) is 0.946. The van der Waals surface area contributed by atoms with Gasteiger partial charge in [-0.05, 0) is 36.9 Å². The largest absolute Gasteiger partial charge is 0.354 e. The zero-order valence-electron chi connectivity index (χ0n) is 16.3. The monoisotopic (exact) mass is 398 g/mol. The lowest BCUT2D eigenvalue weighted by Gasteiger charge is -2.35. The third-order valence-corrected chi connectivity index (χ3v) is 5.12. The van der Waals surface area contributed by atoms with Crippen LogP contribution in [-0.2, 0) is 9.47 Å². The lowest BCUT2D eigenvalue weighted by atomic mass is 10.0. The molecule has 2 aromatic carbocycles. The standard InChI is InChI=1S/C22H23ClN2O3/c1-14-11-12-16-8-5-6-9-17(16)19(14)25(15(2)22(27-3)28-4)21(26)18-10-7-13-24-20(18)23/h5-13,15,22H,1-4H3. The number of aromatic nitrogens is 1. The Balaban J connectivity index is 2.25. The van der Waals surface area contributed by atoms with Crippen LogP contribution in [0.4, 0.5) is 5.69 Å². The van der Waals surface area contributed by atoms with Gasteiger partial charge >= 0.3 is 0 Å².